The van der Waals surface area contributed by atoms with Crippen LogP contribution in [0.1, 0.15) is 44.9 Å². The summed E-state index contributed by atoms with van der Waals surface area (Å²) in [4.78, 5) is 25.5. The van der Waals surface area contributed by atoms with E-state index in [1.165, 1.54) is 0 Å². The highest BCUT2D eigenvalue weighted by Crippen LogP contribution is 2.59. The summed E-state index contributed by atoms with van der Waals surface area (Å²) in [6.45, 7) is 1.87. The molecular formula is C15H24N2O3. The Hall–Kier alpha value is -1.10. The van der Waals surface area contributed by atoms with E-state index in [-0.39, 0.29) is 29.8 Å². The molecule has 2 saturated carbocycles. The number of carboxylic acids is 1. The summed E-state index contributed by atoms with van der Waals surface area (Å²) in [5.74, 6) is -0.684. The summed E-state index contributed by atoms with van der Waals surface area (Å²) in [5, 5.41) is 12.4. The molecule has 0 bridgehead atoms. The molecule has 2 N–H and O–H groups in total. The molecule has 112 valence electrons. The van der Waals surface area contributed by atoms with E-state index in [9.17, 15) is 9.59 Å². The van der Waals surface area contributed by atoms with Gasteiger partial charge in [0.1, 0.15) is 6.54 Å². The smallest absolute Gasteiger partial charge is 0.323 e. The van der Waals surface area contributed by atoms with Crippen molar-refractivity contribution in [1.82, 2.24) is 10.2 Å². The first kappa shape index (κ1) is 13.9. The number of carbonyl (C=O) groups is 2. The summed E-state index contributed by atoms with van der Waals surface area (Å²) < 4.78 is 0. The van der Waals surface area contributed by atoms with Crippen LogP contribution in [0.2, 0.25) is 0 Å². The Bertz CT molecular complexity index is 398. The molecule has 1 unspecified atom stereocenters. The molecule has 1 amide bonds. The lowest BCUT2D eigenvalue weighted by molar-refractivity contribution is -0.147. The topological polar surface area (TPSA) is 69.6 Å². The zero-order valence-corrected chi connectivity index (χ0v) is 11.9. The average Bonchev–Trinajstić information content (AvgIpc) is 2.90. The normalized spacial score (nSPS) is 28.5. The van der Waals surface area contributed by atoms with Crippen LogP contribution < -0.4 is 5.32 Å². The van der Waals surface area contributed by atoms with Gasteiger partial charge in [-0.3, -0.25) is 9.59 Å². The van der Waals surface area contributed by atoms with E-state index in [0.29, 0.717) is 0 Å². The van der Waals surface area contributed by atoms with Crippen molar-refractivity contribution in [3.05, 3.63) is 0 Å². The van der Waals surface area contributed by atoms with Crippen molar-refractivity contribution in [2.45, 2.75) is 51.0 Å². The van der Waals surface area contributed by atoms with Crippen LogP contribution in [0.4, 0.5) is 0 Å². The minimum atomic E-state index is -0.884. The van der Waals surface area contributed by atoms with Crippen LogP contribution in [-0.4, -0.2) is 47.6 Å². The molecule has 1 spiro atoms. The quantitative estimate of drug-likeness (QED) is 0.812. The van der Waals surface area contributed by atoms with Gasteiger partial charge in [-0.2, -0.15) is 0 Å². The van der Waals surface area contributed by atoms with E-state index in [0.717, 1.165) is 58.0 Å². The number of nitrogens with zero attached hydrogens (tertiary/aromatic N) is 1. The lowest BCUT2D eigenvalue weighted by atomic mass is 9.91. The third-order valence-corrected chi connectivity index (χ3v) is 5.44. The summed E-state index contributed by atoms with van der Waals surface area (Å²) >= 11 is 0. The second-order valence-electron chi connectivity index (χ2n) is 6.67. The molecule has 5 heteroatoms. The van der Waals surface area contributed by atoms with Crippen molar-refractivity contribution in [3.8, 4) is 0 Å². The van der Waals surface area contributed by atoms with Gasteiger partial charge < -0.3 is 15.3 Å². The highest BCUT2D eigenvalue weighted by molar-refractivity contribution is 5.86. The van der Waals surface area contributed by atoms with Gasteiger partial charge in [0.05, 0.1) is 0 Å². The number of nitrogens with one attached hydrogen (secondary N) is 1. The molecule has 3 aliphatic rings. The van der Waals surface area contributed by atoms with Gasteiger partial charge >= 0.3 is 5.97 Å². The molecule has 3 fully saturated rings. The molecule has 0 aromatic rings. The van der Waals surface area contributed by atoms with Crippen LogP contribution >= 0.6 is 0 Å². The zero-order chi connectivity index (χ0) is 14.2. The van der Waals surface area contributed by atoms with E-state index < -0.39 is 5.97 Å². The second-order valence-corrected chi connectivity index (χ2v) is 6.67. The molecule has 2 aliphatic carbocycles. The van der Waals surface area contributed by atoms with Crippen LogP contribution in [0.15, 0.2) is 0 Å². The number of amides is 1. The van der Waals surface area contributed by atoms with Crippen LogP contribution in [-0.2, 0) is 9.59 Å². The maximum absolute atomic E-state index is 12.7. The van der Waals surface area contributed by atoms with Crippen LogP contribution in [0.25, 0.3) is 0 Å². The van der Waals surface area contributed by atoms with Gasteiger partial charge in [-0.1, -0.05) is 12.8 Å². The SMILES string of the molecule is O=C(O)CN(C(=O)C1CC12CCNCC2)C1CCCC1. The van der Waals surface area contributed by atoms with E-state index in [1.807, 2.05) is 0 Å². The molecule has 0 aromatic carbocycles. The minimum absolute atomic E-state index is 0.0875. The first-order valence-electron chi connectivity index (χ1n) is 7.85. The number of carboxylic acid groups (broad SMARTS) is 1. The molecule has 20 heavy (non-hydrogen) atoms. The monoisotopic (exact) mass is 280 g/mol. The van der Waals surface area contributed by atoms with Crippen molar-refractivity contribution in [1.29, 1.82) is 0 Å². The van der Waals surface area contributed by atoms with Crippen molar-refractivity contribution >= 4 is 11.9 Å². The van der Waals surface area contributed by atoms with E-state index in [2.05, 4.69) is 5.32 Å². The molecule has 0 aromatic heterocycles. The fourth-order valence-electron chi connectivity index (χ4n) is 4.12. The fourth-order valence-corrected chi connectivity index (χ4v) is 4.12. The van der Waals surface area contributed by atoms with Crippen LogP contribution in [0.3, 0.4) is 0 Å². The first-order valence-corrected chi connectivity index (χ1v) is 7.85. The molecular weight excluding hydrogens is 256 g/mol. The Morgan fingerprint density at radius 1 is 1.20 bits per heavy atom. The van der Waals surface area contributed by atoms with Gasteiger partial charge in [0.25, 0.3) is 0 Å². The highest BCUT2D eigenvalue weighted by Gasteiger charge is 2.59. The van der Waals surface area contributed by atoms with Crippen LogP contribution in [0.5, 0.6) is 0 Å². The Labute approximate surface area is 119 Å². The average molecular weight is 280 g/mol. The van der Waals surface area contributed by atoms with Crippen LogP contribution in [0, 0.1) is 11.3 Å². The highest BCUT2D eigenvalue weighted by atomic mass is 16.4. The van der Waals surface area contributed by atoms with Crippen molar-refractivity contribution in [3.63, 3.8) is 0 Å². The number of hydrogen-bond donors (Lipinski definition) is 2. The third-order valence-electron chi connectivity index (χ3n) is 5.44. The van der Waals surface area contributed by atoms with Crippen molar-refractivity contribution < 1.29 is 14.7 Å². The number of aliphatic carboxylic acids is 1. The predicted octanol–water partition coefficient (Wildman–Crippen LogP) is 1.23. The largest absolute Gasteiger partial charge is 0.480 e. The summed E-state index contributed by atoms with van der Waals surface area (Å²) in [6, 6.07) is 0.165. The van der Waals surface area contributed by atoms with E-state index >= 15 is 0 Å². The van der Waals surface area contributed by atoms with Gasteiger partial charge in [-0.15, -0.1) is 0 Å². The molecule has 1 heterocycles. The molecule has 1 aliphatic heterocycles. The van der Waals surface area contributed by atoms with Gasteiger partial charge in [-0.05, 0) is 50.6 Å². The maximum atomic E-state index is 12.7. The molecule has 1 saturated heterocycles. The lowest BCUT2D eigenvalue weighted by Gasteiger charge is -2.30. The summed E-state index contributed by atoms with van der Waals surface area (Å²) in [7, 11) is 0. The summed E-state index contributed by atoms with van der Waals surface area (Å²) in [6.07, 6.45) is 7.28. The Kier molecular flexibility index (Phi) is 3.71. The van der Waals surface area contributed by atoms with Gasteiger partial charge in [-0.25, -0.2) is 0 Å². The minimum Gasteiger partial charge on any atom is -0.480 e. The van der Waals surface area contributed by atoms with E-state index in [1.54, 1.807) is 4.90 Å². The standard InChI is InChI=1S/C15H24N2O3/c18-13(19)10-17(11-3-1-2-4-11)14(20)12-9-15(12)5-7-16-8-6-15/h11-12,16H,1-10H2,(H,18,19). The third kappa shape index (κ3) is 2.55. The molecule has 3 rings (SSSR count). The maximum Gasteiger partial charge on any atom is 0.323 e. The molecule has 0 radical (unpaired) electrons. The van der Waals surface area contributed by atoms with E-state index in [4.69, 9.17) is 5.11 Å². The van der Waals surface area contributed by atoms with Gasteiger partial charge in [0, 0.05) is 12.0 Å². The molecule has 5 nitrogen and oxygen atoms in total. The van der Waals surface area contributed by atoms with Crippen molar-refractivity contribution in [2.24, 2.45) is 11.3 Å². The van der Waals surface area contributed by atoms with Gasteiger partial charge in [0.2, 0.25) is 5.91 Å². The van der Waals surface area contributed by atoms with Crippen molar-refractivity contribution in [2.75, 3.05) is 19.6 Å². The molecule has 1 atom stereocenters. The summed E-state index contributed by atoms with van der Waals surface area (Å²) in [5.41, 5.74) is 0.192. The number of rotatable bonds is 4. The second kappa shape index (κ2) is 5.35. The Morgan fingerprint density at radius 2 is 1.85 bits per heavy atom. The predicted molar refractivity (Wildman–Crippen MR) is 74.2 cm³/mol. The number of piperidine rings is 1. The Morgan fingerprint density at radius 3 is 2.45 bits per heavy atom. The van der Waals surface area contributed by atoms with Gasteiger partial charge in [0.15, 0.2) is 0 Å². The lowest BCUT2D eigenvalue weighted by Crippen LogP contribution is -2.44. The number of carbonyl (C=O) groups excluding carboxylic acids is 1. The number of hydrogen-bond acceptors (Lipinski definition) is 3. The Balaban J connectivity index is 1.67. The first-order chi connectivity index (χ1) is 9.62. The fraction of sp³-hybridized carbons (Fsp3) is 0.867. The zero-order valence-electron chi connectivity index (χ0n) is 11.9.